The van der Waals surface area contributed by atoms with Crippen LogP contribution in [0.4, 0.5) is 15.9 Å². The maximum atomic E-state index is 14.4. The quantitative estimate of drug-likeness (QED) is 0.721. The standard InChI is InChI=1S/C23H25FN4O2/c1-13-8-21(26-14(2)22(13)25-4)27-10-16-11-28(15(3)19(16)12-27)23(29)18-7-6-17(30-5)9-20(18)24/h6-9,15-16,19H,10-12H2,1-3,5H3/t15-,16+,19-/m0/s1. The number of amides is 1. The highest BCUT2D eigenvalue weighted by Gasteiger charge is 2.47. The number of rotatable bonds is 3. The summed E-state index contributed by atoms with van der Waals surface area (Å²) in [7, 11) is 1.47. The molecule has 2 fully saturated rings. The second-order valence-corrected chi connectivity index (χ2v) is 8.22. The van der Waals surface area contributed by atoms with E-state index in [-0.39, 0.29) is 17.5 Å². The molecule has 0 bridgehead atoms. The van der Waals surface area contributed by atoms with Gasteiger partial charge in [0, 0.05) is 49.3 Å². The molecule has 1 amide bonds. The van der Waals surface area contributed by atoms with Crippen molar-refractivity contribution in [1.29, 1.82) is 0 Å². The van der Waals surface area contributed by atoms with E-state index in [0.717, 1.165) is 30.2 Å². The Morgan fingerprint density at radius 2 is 2.03 bits per heavy atom. The van der Waals surface area contributed by atoms with Crippen LogP contribution in [0, 0.1) is 38.1 Å². The molecule has 156 valence electrons. The molecule has 2 aromatic rings. The van der Waals surface area contributed by atoms with Crippen molar-refractivity contribution in [2.75, 3.05) is 31.6 Å². The third-order valence-corrected chi connectivity index (χ3v) is 6.48. The van der Waals surface area contributed by atoms with Crippen molar-refractivity contribution in [3.8, 4) is 5.75 Å². The molecule has 0 N–H and O–H groups in total. The SMILES string of the molecule is [C-]#[N+]c1c(C)cc(N2C[C@@H]3CN(C(=O)c4ccc(OC)cc4F)[C@@H](C)[C@@H]3C2)nc1C. The normalized spacial score (nSPS) is 22.7. The van der Waals surface area contributed by atoms with E-state index < -0.39 is 5.82 Å². The molecule has 4 rings (SSSR count). The lowest BCUT2D eigenvalue weighted by Crippen LogP contribution is -2.39. The molecular formula is C23H25FN4O2. The third-order valence-electron chi connectivity index (χ3n) is 6.48. The van der Waals surface area contributed by atoms with Gasteiger partial charge in [-0.3, -0.25) is 4.79 Å². The van der Waals surface area contributed by atoms with E-state index in [4.69, 9.17) is 11.3 Å². The van der Waals surface area contributed by atoms with Crippen molar-refractivity contribution >= 4 is 17.4 Å². The molecule has 3 heterocycles. The number of nitrogens with zero attached hydrogens (tertiary/aromatic N) is 4. The second kappa shape index (κ2) is 7.60. The number of anilines is 1. The fraction of sp³-hybridized carbons (Fsp3) is 0.435. The minimum Gasteiger partial charge on any atom is -0.497 e. The first-order valence-electron chi connectivity index (χ1n) is 10.1. The van der Waals surface area contributed by atoms with Crippen LogP contribution in [0.15, 0.2) is 24.3 Å². The molecular weight excluding hydrogens is 383 g/mol. The number of carbonyl (C=O) groups is 1. The van der Waals surface area contributed by atoms with Gasteiger partial charge in [-0.15, -0.1) is 0 Å². The average Bonchev–Trinajstić information content (AvgIpc) is 3.26. The fourth-order valence-electron chi connectivity index (χ4n) is 4.83. The van der Waals surface area contributed by atoms with Crippen molar-refractivity contribution in [2.24, 2.45) is 11.8 Å². The van der Waals surface area contributed by atoms with Gasteiger partial charge >= 0.3 is 0 Å². The predicted molar refractivity (Wildman–Crippen MR) is 113 cm³/mol. The number of methoxy groups -OCH3 is 1. The van der Waals surface area contributed by atoms with Crippen LogP contribution >= 0.6 is 0 Å². The lowest BCUT2D eigenvalue weighted by Gasteiger charge is -2.28. The van der Waals surface area contributed by atoms with E-state index in [1.807, 2.05) is 26.8 Å². The summed E-state index contributed by atoms with van der Waals surface area (Å²) in [5.74, 6) is 1.08. The summed E-state index contributed by atoms with van der Waals surface area (Å²) in [6.07, 6.45) is 0. The summed E-state index contributed by atoms with van der Waals surface area (Å²) in [4.78, 5) is 25.3. The molecule has 30 heavy (non-hydrogen) atoms. The van der Waals surface area contributed by atoms with E-state index in [9.17, 15) is 9.18 Å². The van der Waals surface area contributed by atoms with Crippen LogP contribution in [0.1, 0.15) is 28.5 Å². The number of aromatic nitrogens is 1. The summed E-state index contributed by atoms with van der Waals surface area (Å²) >= 11 is 0. The number of benzene rings is 1. The molecule has 7 heteroatoms. The lowest BCUT2D eigenvalue weighted by atomic mass is 9.95. The fourth-order valence-corrected chi connectivity index (χ4v) is 4.83. The van der Waals surface area contributed by atoms with Crippen molar-refractivity contribution in [1.82, 2.24) is 9.88 Å². The van der Waals surface area contributed by atoms with E-state index >= 15 is 0 Å². The van der Waals surface area contributed by atoms with Crippen molar-refractivity contribution in [3.05, 3.63) is 58.3 Å². The number of carbonyl (C=O) groups excluding carboxylic acids is 1. The van der Waals surface area contributed by atoms with Crippen LogP contribution in [-0.4, -0.2) is 48.6 Å². The number of aryl methyl sites for hydroxylation is 2. The van der Waals surface area contributed by atoms with Crippen molar-refractivity contribution < 1.29 is 13.9 Å². The molecule has 0 radical (unpaired) electrons. The maximum absolute atomic E-state index is 14.4. The zero-order chi connectivity index (χ0) is 21.6. The summed E-state index contributed by atoms with van der Waals surface area (Å²) in [6.45, 7) is 15.4. The summed E-state index contributed by atoms with van der Waals surface area (Å²) < 4.78 is 19.4. The molecule has 1 aromatic carbocycles. The van der Waals surface area contributed by atoms with Gasteiger partial charge in [-0.25, -0.2) is 14.2 Å². The molecule has 2 aliphatic rings. The number of hydrogen-bond donors (Lipinski definition) is 0. The Morgan fingerprint density at radius 3 is 2.63 bits per heavy atom. The number of likely N-dealkylation sites (tertiary alicyclic amines) is 1. The predicted octanol–water partition coefficient (Wildman–Crippen LogP) is 3.99. The van der Waals surface area contributed by atoms with Crippen LogP contribution in [0.2, 0.25) is 0 Å². The molecule has 0 saturated carbocycles. The van der Waals surface area contributed by atoms with Gasteiger partial charge in [0.25, 0.3) is 5.91 Å². The first-order chi connectivity index (χ1) is 14.3. The van der Waals surface area contributed by atoms with Crippen LogP contribution < -0.4 is 9.64 Å². The molecule has 6 nitrogen and oxygen atoms in total. The molecule has 2 aliphatic heterocycles. The Labute approximate surface area is 176 Å². The van der Waals surface area contributed by atoms with Gasteiger partial charge in [-0.2, -0.15) is 0 Å². The summed E-state index contributed by atoms with van der Waals surface area (Å²) in [5, 5.41) is 0. The zero-order valence-electron chi connectivity index (χ0n) is 17.6. The molecule has 0 aliphatic carbocycles. The van der Waals surface area contributed by atoms with Gasteiger partial charge in [0.2, 0.25) is 5.69 Å². The highest BCUT2D eigenvalue weighted by molar-refractivity contribution is 5.95. The van der Waals surface area contributed by atoms with Crippen LogP contribution in [-0.2, 0) is 0 Å². The molecule has 1 aromatic heterocycles. The van der Waals surface area contributed by atoms with Gasteiger partial charge in [0.05, 0.1) is 19.2 Å². The van der Waals surface area contributed by atoms with Crippen molar-refractivity contribution in [2.45, 2.75) is 26.8 Å². The summed E-state index contributed by atoms with van der Waals surface area (Å²) in [5.41, 5.74) is 2.38. The first kappa shape index (κ1) is 20.1. The minimum absolute atomic E-state index is 0.0127. The largest absolute Gasteiger partial charge is 0.497 e. The first-order valence-corrected chi connectivity index (χ1v) is 10.1. The Kier molecular flexibility index (Phi) is 5.10. The highest BCUT2D eigenvalue weighted by Crippen LogP contribution is 2.39. The van der Waals surface area contributed by atoms with Gasteiger partial charge in [-0.1, -0.05) is 0 Å². The topological polar surface area (TPSA) is 50.0 Å². The van der Waals surface area contributed by atoms with Gasteiger partial charge in [-0.05, 0) is 44.5 Å². The van der Waals surface area contributed by atoms with E-state index in [2.05, 4.69) is 14.7 Å². The molecule has 2 saturated heterocycles. The highest BCUT2D eigenvalue weighted by atomic mass is 19.1. The molecule has 0 unspecified atom stereocenters. The maximum Gasteiger partial charge on any atom is 0.257 e. The average molecular weight is 408 g/mol. The monoisotopic (exact) mass is 408 g/mol. The zero-order valence-corrected chi connectivity index (χ0v) is 17.6. The van der Waals surface area contributed by atoms with Crippen LogP contribution in [0.25, 0.3) is 4.85 Å². The van der Waals surface area contributed by atoms with Gasteiger partial charge in [0.15, 0.2) is 0 Å². The van der Waals surface area contributed by atoms with Gasteiger partial charge in [0.1, 0.15) is 17.4 Å². The smallest absolute Gasteiger partial charge is 0.257 e. The van der Waals surface area contributed by atoms with Gasteiger partial charge < -0.3 is 14.5 Å². The minimum atomic E-state index is -0.555. The van der Waals surface area contributed by atoms with Crippen molar-refractivity contribution in [3.63, 3.8) is 0 Å². The van der Waals surface area contributed by atoms with E-state index in [1.54, 1.807) is 11.0 Å². The summed E-state index contributed by atoms with van der Waals surface area (Å²) in [6, 6.07) is 6.35. The molecule has 0 spiro atoms. The Bertz CT molecular complexity index is 1020. The van der Waals surface area contributed by atoms with Crippen LogP contribution in [0.3, 0.4) is 0 Å². The van der Waals surface area contributed by atoms with E-state index in [1.165, 1.54) is 19.2 Å². The van der Waals surface area contributed by atoms with E-state index in [0.29, 0.717) is 29.8 Å². The Balaban J connectivity index is 1.50. The number of halogens is 1. The Morgan fingerprint density at radius 1 is 1.27 bits per heavy atom. The number of pyridine rings is 1. The number of ether oxygens (including phenoxy) is 1. The third kappa shape index (κ3) is 3.26. The number of hydrogen-bond acceptors (Lipinski definition) is 4. The lowest BCUT2D eigenvalue weighted by molar-refractivity contribution is 0.0725. The molecule has 3 atom stereocenters. The van der Waals surface area contributed by atoms with Crippen LogP contribution in [0.5, 0.6) is 5.75 Å². The second-order valence-electron chi connectivity index (χ2n) is 8.22. The number of fused-ring (bicyclic) bond motifs is 1. The Hall–Kier alpha value is -3.14.